The first-order valence-corrected chi connectivity index (χ1v) is 6.23. The fraction of sp³-hybridized carbons (Fsp3) is 0.462. The third kappa shape index (κ3) is 1.57. The molecule has 17 heavy (non-hydrogen) atoms. The molecule has 0 aliphatic carbocycles. The lowest BCUT2D eigenvalue weighted by Gasteiger charge is -2.35. The molecule has 1 aromatic rings. The van der Waals surface area contributed by atoms with Gasteiger partial charge in [-0.25, -0.2) is 0 Å². The van der Waals surface area contributed by atoms with Gasteiger partial charge in [0.2, 0.25) is 5.91 Å². The molecule has 3 nitrogen and oxygen atoms in total. The Morgan fingerprint density at radius 1 is 1.53 bits per heavy atom. The number of hydrogen-bond donors (Lipinski definition) is 1. The smallest absolute Gasteiger partial charge is 0.235 e. The Hall–Kier alpha value is -1.06. The van der Waals surface area contributed by atoms with Gasteiger partial charge in [0.05, 0.1) is 11.5 Å². The average Bonchev–Trinajstić information content (AvgIpc) is 2.53. The van der Waals surface area contributed by atoms with Gasteiger partial charge in [0.1, 0.15) is 0 Å². The fourth-order valence-electron chi connectivity index (χ4n) is 2.92. The highest BCUT2D eigenvalue weighted by Crippen LogP contribution is 2.46. The van der Waals surface area contributed by atoms with Gasteiger partial charge < -0.3 is 10.1 Å². The van der Waals surface area contributed by atoms with Gasteiger partial charge in [-0.05, 0) is 43.5 Å². The normalized spacial score (nSPS) is 31.4. The number of anilines is 1. The third-order valence-electron chi connectivity index (χ3n) is 3.75. The van der Waals surface area contributed by atoms with Gasteiger partial charge in [0.15, 0.2) is 0 Å². The molecule has 2 aliphatic heterocycles. The molecule has 1 spiro atoms. The van der Waals surface area contributed by atoms with Crippen LogP contribution in [0, 0.1) is 0 Å². The largest absolute Gasteiger partial charge is 0.378 e. The number of rotatable bonds is 0. The van der Waals surface area contributed by atoms with Crippen molar-refractivity contribution in [1.82, 2.24) is 0 Å². The van der Waals surface area contributed by atoms with Gasteiger partial charge in [-0.1, -0.05) is 11.6 Å². The van der Waals surface area contributed by atoms with Crippen molar-refractivity contribution in [3.8, 4) is 0 Å². The van der Waals surface area contributed by atoms with Crippen molar-refractivity contribution in [3.63, 3.8) is 0 Å². The Bertz CT molecular complexity index is 488. The number of amides is 1. The lowest BCUT2D eigenvalue weighted by Crippen LogP contribution is -2.42. The molecule has 2 unspecified atom stereocenters. The molecule has 1 aromatic carbocycles. The zero-order valence-electron chi connectivity index (χ0n) is 9.63. The standard InChI is InChI=1S/C13H14ClNO2/c1-8-7-13(4-5-17-8)10-6-9(14)2-3-11(10)15-12(13)16/h2-3,6,8H,4-5,7H2,1H3,(H,15,16). The molecule has 2 atom stereocenters. The van der Waals surface area contributed by atoms with Crippen molar-refractivity contribution in [2.75, 3.05) is 11.9 Å². The molecule has 1 amide bonds. The van der Waals surface area contributed by atoms with E-state index in [9.17, 15) is 4.79 Å². The lowest BCUT2D eigenvalue weighted by atomic mass is 9.73. The maximum atomic E-state index is 12.3. The van der Waals surface area contributed by atoms with Crippen LogP contribution in [-0.4, -0.2) is 18.6 Å². The van der Waals surface area contributed by atoms with Crippen LogP contribution in [0.4, 0.5) is 5.69 Å². The highest BCUT2D eigenvalue weighted by Gasteiger charge is 2.49. The zero-order valence-corrected chi connectivity index (χ0v) is 10.4. The zero-order chi connectivity index (χ0) is 12.0. The number of carbonyl (C=O) groups is 1. The van der Waals surface area contributed by atoms with E-state index in [-0.39, 0.29) is 12.0 Å². The summed E-state index contributed by atoms with van der Waals surface area (Å²) in [6.45, 7) is 2.64. The van der Waals surface area contributed by atoms with E-state index in [0.717, 1.165) is 24.1 Å². The Balaban J connectivity index is 2.11. The van der Waals surface area contributed by atoms with Crippen molar-refractivity contribution in [2.24, 2.45) is 0 Å². The van der Waals surface area contributed by atoms with Crippen LogP contribution in [0.5, 0.6) is 0 Å². The monoisotopic (exact) mass is 251 g/mol. The van der Waals surface area contributed by atoms with Crippen molar-refractivity contribution >= 4 is 23.2 Å². The topological polar surface area (TPSA) is 38.3 Å². The van der Waals surface area contributed by atoms with Gasteiger partial charge >= 0.3 is 0 Å². The van der Waals surface area contributed by atoms with Crippen molar-refractivity contribution in [2.45, 2.75) is 31.3 Å². The van der Waals surface area contributed by atoms with Crippen molar-refractivity contribution in [3.05, 3.63) is 28.8 Å². The summed E-state index contributed by atoms with van der Waals surface area (Å²) < 4.78 is 5.55. The van der Waals surface area contributed by atoms with Crippen LogP contribution in [0.15, 0.2) is 18.2 Å². The minimum absolute atomic E-state index is 0.0879. The molecule has 0 saturated carbocycles. The molecule has 1 N–H and O–H groups in total. The molecule has 0 aromatic heterocycles. The molecule has 4 heteroatoms. The Labute approximate surface area is 105 Å². The summed E-state index contributed by atoms with van der Waals surface area (Å²) in [5, 5.41) is 3.63. The highest BCUT2D eigenvalue weighted by atomic mass is 35.5. The Morgan fingerprint density at radius 2 is 2.35 bits per heavy atom. The molecule has 1 fully saturated rings. The van der Waals surface area contributed by atoms with Crippen LogP contribution in [0.25, 0.3) is 0 Å². The number of ether oxygens (including phenoxy) is 1. The van der Waals surface area contributed by atoms with Crippen LogP contribution in [-0.2, 0) is 14.9 Å². The number of benzene rings is 1. The van der Waals surface area contributed by atoms with E-state index >= 15 is 0 Å². The molecule has 0 bridgehead atoms. The number of halogens is 1. The second kappa shape index (κ2) is 3.72. The summed E-state index contributed by atoms with van der Waals surface area (Å²) in [6.07, 6.45) is 1.57. The summed E-state index contributed by atoms with van der Waals surface area (Å²) in [7, 11) is 0. The first kappa shape index (κ1) is 11.1. The van der Waals surface area contributed by atoms with E-state index in [1.54, 1.807) is 0 Å². The van der Waals surface area contributed by atoms with Crippen LogP contribution in [0.2, 0.25) is 5.02 Å². The second-order valence-corrected chi connectivity index (χ2v) is 5.30. The second-order valence-electron chi connectivity index (χ2n) is 4.86. The first-order chi connectivity index (χ1) is 8.12. The van der Waals surface area contributed by atoms with Crippen LogP contribution < -0.4 is 5.32 Å². The minimum Gasteiger partial charge on any atom is -0.378 e. The average molecular weight is 252 g/mol. The quantitative estimate of drug-likeness (QED) is 0.770. The van der Waals surface area contributed by atoms with Gasteiger partial charge in [-0.15, -0.1) is 0 Å². The van der Waals surface area contributed by atoms with E-state index in [1.165, 1.54) is 0 Å². The van der Waals surface area contributed by atoms with Crippen LogP contribution >= 0.6 is 11.6 Å². The predicted octanol–water partition coefficient (Wildman–Crippen LogP) is 2.73. The number of nitrogens with one attached hydrogen (secondary N) is 1. The third-order valence-corrected chi connectivity index (χ3v) is 3.98. The predicted molar refractivity (Wildman–Crippen MR) is 66.4 cm³/mol. The summed E-state index contributed by atoms with van der Waals surface area (Å²) in [4.78, 5) is 12.3. The summed E-state index contributed by atoms with van der Waals surface area (Å²) in [5.74, 6) is 0.0879. The molecule has 2 heterocycles. The van der Waals surface area contributed by atoms with Gasteiger partial charge in [-0.3, -0.25) is 4.79 Å². The summed E-state index contributed by atoms with van der Waals surface area (Å²) in [6, 6.07) is 5.60. The van der Waals surface area contributed by atoms with Gasteiger partial charge in [0.25, 0.3) is 0 Å². The first-order valence-electron chi connectivity index (χ1n) is 5.85. The van der Waals surface area contributed by atoms with E-state index in [2.05, 4.69) is 5.32 Å². The molecular weight excluding hydrogens is 238 g/mol. The van der Waals surface area contributed by atoms with Crippen molar-refractivity contribution in [1.29, 1.82) is 0 Å². The van der Waals surface area contributed by atoms with Gasteiger partial charge in [0, 0.05) is 17.3 Å². The number of hydrogen-bond acceptors (Lipinski definition) is 2. The number of carbonyl (C=O) groups excluding carboxylic acids is 1. The highest BCUT2D eigenvalue weighted by molar-refractivity contribution is 6.31. The molecule has 90 valence electrons. The molecule has 1 saturated heterocycles. The summed E-state index contributed by atoms with van der Waals surface area (Å²) >= 11 is 6.04. The fourth-order valence-corrected chi connectivity index (χ4v) is 3.09. The Morgan fingerprint density at radius 3 is 3.12 bits per heavy atom. The van der Waals surface area contributed by atoms with E-state index < -0.39 is 5.41 Å². The summed E-state index contributed by atoms with van der Waals surface area (Å²) in [5.41, 5.74) is 1.50. The maximum Gasteiger partial charge on any atom is 0.235 e. The minimum atomic E-state index is -0.433. The molecule has 2 aliphatic rings. The lowest BCUT2D eigenvalue weighted by molar-refractivity contribution is -0.126. The van der Waals surface area contributed by atoms with Crippen LogP contribution in [0.1, 0.15) is 25.3 Å². The number of fused-ring (bicyclic) bond motifs is 2. The molecule has 3 rings (SSSR count). The Kier molecular flexibility index (Phi) is 2.42. The van der Waals surface area contributed by atoms with E-state index in [0.29, 0.717) is 11.6 Å². The molecular formula is C13H14ClNO2. The van der Waals surface area contributed by atoms with E-state index in [1.807, 2.05) is 25.1 Å². The molecule has 0 radical (unpaired) electrons. The SMILES string of the molecule is CC1CC2(CCO1)C(=O)Nc1ccc(Cl)cc12. The maximum absolute atomic E-state index is 12.3. The van der Waals surface area contributed by atoms with Gasteiger partial charge in [-0.2, -0.15) is 0 Å². The van der Waals surface area contributed by atoms with Crippen molar-refractivity contribution < 1.29 is 9.53 Å². The van der Waals surface area contributed by atoms with Crippen LogP contribution in [0.3, 0.4) is 0 Å². The van der Waals surface area contributed by atoms with E-state index in [4.69, 9.17) is 16.3 Å².